The number of phenolic OH excluding ortho intramolecular Hbond substituents is 1. The lowest BCUT2D eigenvalue weighted by molar-refractivity contribution is -0.154. The summed E-state index contributed by atoms with van der Waals surface area (Å²) in [6, 6.07) is 10.9. The summed E-state index contributed by atoms with van der Waals surface area (Å²) in [5.41, 5.74) is 3.14. The number of aliphatic hydroxyl groups is 1. The molecule has 1 heterocycles. The van der Waals surface area contributed by atoms with E-state index in [9.17, 15) is 29.1 Å². The summed E-state index contributed by atoms with van der Waals surface area (Å²) in [5.74, 6) is -2.17. The number of nitrogens with zero attached hydrogens (tertiary/aromatic N) is 3. The molecule has 2 aromatic carbocycles. The second kappa shape index (κ2) is 22.0. The number of amides is 1. The molecule has 0 bridgehead atoms. The van der Waals surface area contributed by atoms with E-state index in [4.69, 9.17) is 9.84 Å². The van der Waals surface area contributed by atoms with Gasteiger partial charge < -0.3 is 39.1 Å². The van der Waals surface area contributed by atoms with Gasteiger partial charge in [-0.25, -0.2) is 0 Å². The summed E-state index contributed by atoms with van der Waals surface area (Å²) < 4.78 is 14.4. The van der Waals surface area contributed by atoms with Gasteiger partial charge in [-0.15, -0.1) is 0 Å². The van der Waals surface area contributed by atoms with Crippen LogP contribution < -0.4 is 14.5 Å². The molecule has 0 aliphatic carbocycles. The predicted molar refractivity (Wildman–Crippen MR) is 182 cm³/mol. The Kier molecular flexibility index (Phi) is 19.0. The zero-order chi connectivity index (χ0) is 36.2. The smallest absolute Gasteiger partial charge is 0.324 e. The molecule has 2 N–H and O–H groups in total. The van der Waals surface area contributed by atoms with E-state index in [1.807, 2.05) is 38.1 Å². The fourth-order valence-electron chi connectivity index (χ4n) is 4.75. The van der Waals surface area contributed by atoms with Gasteiger partial charge in [0, 0.05) is 63.3 Å². The molecule has 1 atom stereocenters. The average Bonchev–Trinajstić information content (AvgIpc) is 3.06. The Labute approximate surface area is 283 Å². The molecule has 48 heavy (non-hydrogen) atoms. The van der Waals surface area contributed by atoms with Crippen molar-refractivity contribution >= 4 is 41.5 Å². The summed E-state index contributed by atoms with van der Waals surface area (Å²) in [6.07, 6.45) is 0.699. The number of aromatic hydroxyl groups is 1. The first kappa shape index (κ1) is 41.4. The molecule has 0 saturated carbocycles. The number of aldehydes is 1. The predicted octanol–water partition coefficient (Wildman–Crippen LogP) is 3.61. The van der Waals surface area contributed by atoms with Crippen LogP contribution in [-0.4, -0.2) is 105 Å². The Hall–Kier alpha value is -4.65. The van der Waals surface area contributed by atoms with E-state index in [-0.39, 0.29) is 44.4 Å². The van der Waals surface area contributed by atoms with Crippen molar-refractivity contribution < 1.29 is 48.4 Å². The average molecular weight is 674 g/mol. The number of ether oxygens (including phenoxy) is 3. The van der Waals surface area contributed by atoms with Gasteiger partial charge in [0.15, 0.2) is 6.29 Å². The minimum absolute atomic E-state index is 0.0457. The highest BCUT2D eigenvalue weighted by atomic mass is 16.6. The summed E-state index contributed by atoms with van der Waals surface area (Å²) in [7, 11) is 1.57. The number of phenols is 1. The first-order valence-electron chi connectivity index (χ1n) is 16.2. The number of likely N-dealkylation sites (N-methyl/N-ethyl adjacent to an activating group) is 1. The SMILES string of the molecule is CCN(CC)c1ccc(C=O)c(O)c1.CCN(CC)c1ccc2c(c1)OC(=O)C(C(=O)N(C)CCO)C2.CCOC(=O)CC(=O)OCC. The molecule has 1 amide bonds. The Bertz CT molecular complexity index is 1330. The Morgan fingerprint density at radius 3 is 1.85 bits per heavy atom. The summed E-state index contributed by atoms with van der Waals surface area (Å²) >= 11 is 0. The lowest BCUT2D eigenvalue weighted by Gasteiger charge is -2.28. The second-order valence-electron chi connectivity index (χ2n) is 10.4. The molecule has 13 nitrogen and oxygen atoms in total. The molecule has 0 fully saturated rings. The molecule has 1 aliphatic rings. The van der Waals surface area contributed by atoms with E-state index in [2.05, 4.69) is 33.1 Å². The lowest BCUT2D eigenvalue weighted by Crippen LogP contribution is -2.42. The minimum Gasteiger partial charge on any atom is -0.507 e. The Morgan fingerprint density at radius 1 is 0.875 bits per heavy atom. The number of carbonyl (C=O) groups excluding carboxylic acids is 5. The molecule has 0 aromatic heterocycles. The molecule has 2 aromatic rings. The highest BCUT2D eigenvalue weighted by Crippen LogP contribution is 2.32. The summed E-state index contributed by atoms with van der Waals surface area (Å²) in [6.45, 7) is 15.8. The number of esters is 3. The first-order valence-corrected chi connectivity index (χ1v) is 16.2. The monoisotopic (exact) mass is 673 g/mol. The molecule has 3 rings (SSSR count). The quantitative estimate of drug-likeness (QED) is 0.130. The topological polar surface area (TPSA) is 163 Å². The van der Waals surface area contributed by atoms with Gasteiger partial charge in [-0.2, -0.15) is 0 Å². The van der Waals surface area contributed by atoms with Crippen molar-refractivity contribution in [3.8, 4) is 11.5 Å². The van der Waals surface area contributed by atoms with Crippen LogP contribution in [0.4, 0.5) is 11.4 Å². The number of fused-ring (bicyclic) bond motifs is 1. The van der Waals surface area contributed by atoms with E-state index in [1.54, 1.807) is 33.0 Å². The highest BCUT2D eigenvalue weighted by molar-refractivity contribution is 6.00. The van der Waals surface area contributed by atoms with Crippen LogP contribution in [0.1, 0.15) is 63.9 Å². The van der Waals surface area contributed by atoms with E-state index in [1.165, 1.54) is 4.90 Å². The third-order valence-corrected chi connectivity index (χ3v) is 7.38. The standard InChI is InChI=1S/C17H24N2O4.C11H15NO2.C7H12O4/c1-4-19(5-2)13-7-6-12-10-14(16(21)18(3)8-9-20)17(22)23-15(12)11-13;1-3-12(4-2)10-6-5-9(8-13)11(14)7-10;1-3-10-6(8)5-7(9)11-4-2/h6-7,11,14,20H,4-5,8-10H2,1-3H3;5-8,14H,3-4H2,1-2H3;3-5H2,1-2H3. The maximum Gasteiger partial charge on any atom is 0.324 e. The number of rotatable bonds is 14. The Morgan fingerprint density at radius 2 is 1.40 bits per heavy atom. The number of aliphatic hydroxyl groups excluding tert-OH is 1. The van der Waals surface area contributed by atoms with Crippen molar-refractivity contribution in [2.24, 2.45) is 5.92 Å². The number of anilines is 2. The Balaban J connectivity index is 0.000000394. The van der Waals surface area contributed by atoms with Crippen molar-refractivity contribution in [1.82, 2.24) is 4.90 Å². The highest BCUT2D eigenvalue weighted by Gasteiger charge is 2.36. The van der Waals surface area contributed by atoms with Gasteiger partial charge in [-0.1, -0.05) is 6.07 Å². The molecule has 0 saturated heterocycles. The van der Waals surface area contributed by atoms with Gasteiger partial charge in [-0.05, 0) is 71.7 Å². The molecule has 1 aliphatic heterocycles. The van der Waals surface area contributed by atoms with E-state index < -0.39 is 23.8 Å². The van der Waals surface area contributed by atoms with Crippen LogP contribution >= 0.6 is 0 Å². The maximum atomic E-state index is 12.3. The third-order valence-electron chi connectivity index (χ3n) is 7.38. The van der Waals surface area contributed by atoms with Crippen LogP contribution in [0.15, 0.2) is 36.4 Å². The molecule has 266 valence electrons. The maximum absolute atomic E-state index is 12.3. The number of carbonyl (C=O) groups is 5. The summed E-state index contributed by atoms with van der Waals surface area (Å²) in [5, 5.41) is 18.4. The van der Waals surface area contributed by atoms with E-state index >= 15 is 0 Å². The number of benzene rings is 2. The minimum atomic E-state index is -0.835. The van der Waals surface area contributed by atoms with Gasteiger partial charge in [0.2, 0.25) is 5.91 Å². The molecular formula is C35H51N3O10. The van der Waals surface area contributed by atoms with Crippen molar-refractivity contribution in [1.29, 1.82) is 0 Å². The fraction of sp³-hybridized carbons (Fsp3) is 0.514. The van der Waals surface area contributed by atoms with Gasteiger partial charge >= 0.3 is 17.9 Å². The normalized spacial score (nSPS) is 12.8. The van der Waals surface area contributed by atoms with Gasteiger partial charge in [0.25, 0.3) is 0 Å². The summed E-state index contributed by atoms with van der Waals surface area (Å²) in [4.78, 5) is 61.8. The van der Waals surface area contributed by atoms with E-state index in [0.717, 1.165) is 43.1 Å². The van der Waals surface area contributed by atoms with Crippen LogP contribution in [0.3, 0.4) is 0 Å². The van der Waals surface area contributed by atoms with Crippen LogP contribution in [0, 0.1) is 5.92 Å². The van der Waals surface area contributed by atoms with Crippen LogP contribution in [0.5, 0.6) is 11.5 Å². The van der Waals surface area contributed by atoms with Gasteiger partial charge in [0.1, 0.15) is 23.8 Å². The lowest BCUT2D eigenvalue weighted by atomic mass is 9.94. The molecule has 13 heteroatoms. The van der Waals surface area contributed by atoms with Crippen LogP contribution in [0.2, 0.25) is 0 Å². The van der Waals surface area contributed by atoms with Crippen LogP contribution in [-0.2, 0) is 35.1 Å². The first-order chi connectivity index (χ1) is 22.9. The second-order valence-corrected chi connectivity index (χ2v) is 10.4. The largest absolute Gasteiger partial charge is 0.507 e. The third kappa shape index (κ3) is 12.9. The molecular weight excluding hydrogens is 622 g/mol. The number of hydrogen-bond donors (Lipinski definition) is 2. The van der Waals surface area contributed by atoms with Gasteiger partial charge in [0.05, 0.1) is 25.4 Å². The zero-order valence-corrected chi connectivity index (χ0v) is 29.2. The van der Waals surface area contributed by atoms with Crippen LogP contribution in [0.25, 0.3) is 0 Å². The van der Waals surface area contributed by atoms with Crippen molar-refractivity contribution in [2.75, 3.05) is 69.4 Å². The fourth-order valence-corrected chi connectivity index (χ4v) is 4.75. The molecule has 1 unspecified atom stereocenters. The zero-order valence-electron chi connectivity index (χ0n) is 29.2. The molecule has 0 radical (unpaired) electrons. The van der Waals surface area contributed by atoms with Crippen molar-refractivity contribution in [3.05, 3.63) is 47.5 Å². The molecule has 0 spiro atoms. The number of hydrogen-bond acceptors (Lipinski definition) is 12. The van der Waals surface area contributed by atoms with Crippen molar-refractivity contribution in [3.63, 3.8) is 0 Å². The van der Waals surface area contributed by atoms with Gasteiger partial charge in [-0.3, -0.25) is 24.0 Å². The van der Waals surface area contributed by atoms with E-state index in [0.29, 0.717) is 24.0 Å². The van der Waals surface area contributed by atoms with Crippen molar-refractivity contribution in [2.45, 2.75) is 54.4 Å².